The van der Waals surface area contributed by atoms with Crippen molar-refractivity contribution < 1.29 is 9.53 Å². The first kappa shape index (κ1) is 13.7. The van der Waals surface area contributed by atoms with Gasteiger partial charge >= 0.3 is 5.97 Å². The van der Waals surface area contributed by atoms with Crippen LogP contribution >= 0.6 is 0 Å². The Hall–Kier alpha value is -1.36. The second-order valence-corrected chi connectivity index (χ2v) is 4.53. The summed E-state index contributed by atoms with van der Waals surface area (Å²) in [6.45, 7) is 5.96. The number of imidazole rings is 1. The summed E-state index contributed by atoms with van der Waals surface area (Å²) in [5.41, 5.74) is 0. The fourth-order valence-electron chi connectivity index (χ4n) is 1.80. The molecule has 96 valence electrons. The molecule has 0 aliphatic rings. The quantitative estimate of drug-likeness (QED) is 0.786. The van der Waals surface area contributed by atoms with Crippen LogP contribution in [-0.4, -0.2) is 28.7 Å². The van der Waals surface area contributed by atoms with Gasteiger partial charge in [-0.25, -0.2) is 4.98 Å². The van der Waals surface area contributed by atoms with Crippen molar-refractivity contribution in [1.82, 2.24) is 14.9 Å². The van der Waals surface area contributed by atoms with Gasteiger partial charge in [0.25, 0.3) is 0 Å². The molecule has 1 aromatic rings. The van der Waals surface area contributed by atoms with E-state index in [4.69, 9.17) is 4.74 Å². The number of ether oxygens (including phenoxy) is 1. The monoisotopic (exact) mass is 239 g/mol. The summed E-state index contributed by atoms with van der Waals surface area (Å²) in [5.74, 6) is 0.839. The van der Waals surface area contributed by atoms with Gasteiger partial charge in [-0.3, -0.25) is 10.1 Å². The number of carbonyl (C=O) groups is 1. The number of nitrogens with one attached hydrogen (secondary N) is 1. The summed E-state index contributed by atoms with van der Waals surface area (Å²) in [7, 11) is 3.34. The molecular weight excluding hydrogens is 218 g/mol. The Balaban J connectivity index is 2.74. The summed E-state index contributed by atoms with van der Waals surface area (Å²) >= 11 is 0. The molecule has 1 N–H and O–H groups in total. The first-order valence-corrected chi connectivity index (χ1v) is 5.78. The molecule has 1 rings (SSSR count). The molecule has 5 heteroatoms. The molecule has 0 aliphatic carbocycles. The highest BCUT2D eigenvalue weighted by molar-refractivity contribution is 5.75. The lowest BCUT2D eigenvalue weighted by atomic mass is 10.0. The lowest BCUT2D eigenvalue weighted by Crippen LogP contribution is -2.43. The molecular formula is C12H21N3O2. The highest BCUT2D eigenvalue weighted by Gasteiger charge is 2.25. The third-order valence-corrected chi connectivity index (χ3v) is 2.80. The SMILES string of the molecule is COC(=O)C(NC(C)c1nccn1C)C(C)C. The van der Waals surface area contributed by atoms with Crippen molar-refractivity contribution in [3.05, 3.63) is 18.2 Å². The van der Waals surface area contributed by atoms with Crippen molar-refractivity contribution in [3.63, 3.8) is 0 Å². The van der Waals surface area contributed by atoms with Gasteiger partial charge in [0.15, 0.2) is 0 Å². The van der Waals surface area contributed by atoms with Gasteiger partial charge in [0.1, 0.15) is 11.9 Å². The highest BCUT2D eigenvalue weighted by atomic mass is 16.5. The molecule has 2 unspecified atom stereocenters. The molecule has 2 atom stereocenters. The standard InChI is InChI=1S/C12H21N3O2/c1-8(2)10(12(16)17-5)14-9(3)11-13-6-7-15(11)4/h6-10,14H,1-5H3. The molecule has 0 aromatic carbocycles. The number of esters is 1. The van der Waals surface area contributed by atoms with Crippen LogP contribution in [-0.2, 0) is 16.6 Å². The van der Waals surface area contributed by atoms with Gasteiger partial charge in [0, 0.05) is 19.4 Å². The Morgan fingerprint density at radius 3 is 2.53 bits per heavy atom. The predicted octanol–water partition coefficient (Wildman–Crippen LogP) is 1.27. The van der Waals surface area contributed by atoms with Crippen molar-refractivity contribution >= 4 is 5.97 Å². The number of aryl methyl sites for hydroxylation is 1. The molecule has 0 amide bonds. The van der Waals surface area contributed by atoms with Gasteiger partial charge in [-0.15, -0.1) is 0 Å². The normalized spacial score (nSPS) is 14.7. The van der Waals surface area contributed by atoms with E-state index in [1.54, 1.807) is 6.20 Å². The second kappa shape index (κ2) is 5.82. The fourth-order valence-corrected chi connectivity index (χ4v) is 1.80. The van der Waals surface area contributed by atoms with Crippen molar-refractivity contribution in [2.75, 3.05) is 7.11 Å². The maximum absolute atomic E-state index is 11.6. The van der Waals surface area contributed by atoms with E-state index in [1.807, 2.05) is 38.6 Å². The first-order valence-electron chi connectivity index (χ1n) is 5.78. The number of methoxy groups -OCH3 is 1. The van der Waals surface area contributed by atoms with E-state index < -0.39 is 0 Å². The first-order chi connectivity index (χ1) is 7.97. The van der Waals surface area contributed by atoms with Gasteiger partial charge < -0.3 is 9.30 Å². The van der Waals surface area contributed by atoms with E-state index in [9.17, 15) is 4.79 Å². The van der Waals surface area contributed by atoms with Crippen LogP contribution in [0.4, 0.5) is 0 Å². The van der Waals surface area contributed by atoms with E-state index in [-0.39, 0.29) is 24.0 Å². The molecule has 0 fully saturated rings. The number of carbonyl (C=O) groups excluding carboxylic acids is 1. The average Bonchev–Trinajstić information content (AvgIpc) is 2.70. The molecule has 0 radical (unpaired) electrons. The van der Waals surface area contributed by atoms with Crippen LogP contribution < -0.4 is 5.32 Å². The number of nitrogens with zero attached hydrogens (tertiary/aromatic N) is 2. The van der Waals surface area contributed by atoms with E-state index >= 15 is 0 Å². The molecule has 0 spiro atoms. The number of rotatable bonds is 5. The Morgan fingerprint density at radius 1 is 1.47 bits per heavy atom. The third kappa shape index (κ3) is 3.30. The number of aromatic nitrogens is 2. The largest absolute Gasteiger partial charge is 0.468 e. The van der Waals surface area contributed by atoms with Gasteiger partial charge in [0.05, 0.1) is 13.2 Å². The van der Waals surface area contributed by atoms with Crippen LogP contribution in [0.5, 0.6) is 0 Å². The lowest BCUT2D eigenvalue weighted by Gasteiger charge is -2.24. The van der Waals surface area contributed by atoms with Crippen molar-refractivity contribution in [3.8, 4) is 0 Å². The minimum atomic E-state index is -0.313. The topological polar surface area (TPSA) is 56.1 Å². The summed E-state index contributed by atoms with van der Waals surface area (Å²) in [6.07, 6.45) is 3.63. The van der Waals surface area contributed by atoms with Crippen molar-refractivity contribution in [1.29, 1.82) is 0 Å². The molecule has 0 bridgehead atoms. The fraction of sp³-hybridized carbons (Fsp3) is 0.667. The minimum absolute atomic E-state index is 0.00139. The van der Waals surface area contributed by atoms with Crippen LogP contribution in [0.3, 0.4) is 0 Å². The zero-order chi connectivity index (χ0) is 13.0. The second-order valence-electron chi connectivity index (χ2n) is 4.53. The molecule has 1 heterocycles. The maximum Gasteiger partial charge on any atom is 0.323 e. The Labute approximate surface area is 102 Å². The van der Waals surface area contributed by atoms with Crippen LogP contribution in [0.25, 0.3) is 0 Å². The molecule has 0 saturated carbocycles. The zero-order valence-electron chi connectivity index (χ0n) is 11.1. The van der Waals surface area contributed by atoms with Gasteiger partial charge in [0.2, 0.25) is 0 Å². The maximum atomic E-state index is 11.6. The van der Waals surface area contributed by atoms with E-state index in [2.05, 4.69) is 10.3 Å². The molecule has 0 saturated heterocycles. The number of hydrogen-bond acceptors (Lipinski definition) is 4. The molecule has 5 nitrogen and oxygen atoms in total. The average molecular weight is 239 g/mol. The molecule has 17 heavy (non-hydrogen) atoms. The van der Waals surface area contributed by atoms with Crippen LogP contribution in [0.2, 0.25) is 0 Å². The van der Waals surface area contributed by atoms with Crippen molar-refractivity contribution in [2.24, 2.45) is 13.0 Å². The smallest absolute Gasteiger partial charge is 0.323 e. The lowest BCUT2D eigenvalue weighted by molar-refractivity contribution is -0.144. The predicted molar refractivity (Wildman–Crippen MR) is 65.4 cm³/mol. The summed E-state index contributed by atoms with van der Waals surface area (Å²) in [6, 6.07) is -0.312. The van der Waals surface area contributed by atoms with Gasteiger partial charge in [-0.05, 0) is 12.8 Å². The molecule has 0 aliphatic heterocycles. The van der Waals surface area contributed by atoms with Crippen LogP contribution in [0.1, 0.15) is 32.6 Å². The summed E-state index contributed by atoms with van der Waals surface area (Å²) < 4.78 is 6.73. The summed E-state index contributed by atoms with van der Waals surface area (Å²) in [4.78, 5) is 15.9. The third-order valence-electron chi connectivity index (χ3n) is 2.80. The van der Waals surface area contributed by atoms with E-state index in [0.717, 1.165) is 5.82 Å². The Bertz CT molecular complexity index is 374. The Morgan fingerprint density at radius 2 is 2.12 bits per heavy atom. The van der Waals surface area contributed by atoms with E-state index in [0.29, 0.717) is 0 Å². The van der Waals surface area contributed by atoms with Gasteiger partial charge in [-0.1, -0.05) is 13.8 Å². The summed E-state index contributed by atoms with van der Waals surface area (Å²) in [5, 5.41) is 3.25. The minimum Gasteiger partial charge on any atom is -0.468 e. The van der Waals surface area contributed by atoms with Crippen molar-refractivity contribution in [2.45, 2.75) is 32.9 Å². The van der Waals surface area contributed by atoms with Gasteiger partial charge in [-0.2, -0.15) is 0 Å². The van der Waals surface area contributed by atoms with E-state index in [1.165, 1.54) is 7.11 Å². The Kier molecular flexibility index (Phi) is 4.69. The zero-order valence-corrected chi connectivity index (χ0v) is 11.1. The highest BCUT2D eigenvalue weighted by Crippen LogP contribution is 2.13. The van der Waals surface area contributed by atoms with Crippen LogP contribution in [0.15, 0.2) is 12.4 Å². The molecule has 1 aromatic heterocycles. The number of hydrogen-bond donors (Lipinski definition) is 1. The van der Waals surface area contributed by atoms with Crippen LogP contribution in [0, 0.1) is 5.92 Å².